The Morgan fingerprint density at radius 2 is 2.06 bits per heavy atom. The van der Waals surface area contributed by atoms with Crippen molar-refractivity contribution in [2.24, 2.45) is 11.3 Å². The van der Waals surface area contributed by atoms with Crippen molar-refractivity contribution in [3.8, 4) is 11.4 Å². The fraction of sp³-hybridized carbons (Fsp3) is 0.440. The Morgan fingerprint density at radius 1 is 1.26 bits per heavy atom. The molecule has 34 heavy (non-hydrogen) atoms. The molecule has 7 nitrogen and oxygen atoms in total. The van der Waals surface area contributed by atoms with Crippen LogP contribution in [0.25, 0.3) is 11.4 Å². The van der Waals surface area contributed by atoms with Crippen LogP contribution < -0.4 is 10.9 Å². The Balaban J connectivity index is 1.33. The summed E-state index contributed by atoms with van der Waals surface area (Å²) in [7, 11) is 0. The number of hydrogen-bond acceptors (Lipinski definition) is 5. The van der Waals surface area contributed by atoms with Gasteiger partial charge >= 0.3 is 0 Å². The minimum Gasteiger partial charge on any atom is -0.300 e. The number of amides is 2. The molecule has 1 atom stereocenters. The van der Waals surface area contributed by atoms with Gasteiger partial charge in [0.15, 0.2) is 10.6 Å². The number of hydrogen-bond donors (Lipinski definition) is 3. The van der Waals surface area contributed by atoms with E-state index in [9.17, 15) is 9.59 Å². The zero-order valence-corrected chi connectivity index (χ0v) is 21.7. The van der Waals surface area contributed by atoms with Crippen molar-refractivity contribution >= 4 is 35.4 Å². The number of rotatable bonds is 5. The molecule has 1 aliphatic carbocycles. The number of aromatic amines is 1. The monoisotopic (exact) mass is 497 g/mol. The van der Waals surface area contributed by atoms with Crippen molar-refractivity contribution in [2.45, 2.75) is 59.9 Å². The molecule has 1 aromatic carbocycles. The molecule has 9 heteroatoms. The first-order valence-electron chi connectivity index (χ1n) is 11.5. The number of carbonyl (C=O) groups excluding carboxylic acids is 2. The van der Waals surface area contributed by atoms with E-state index in [4.69, 9.17) is 12.2 Å². The molecular weight excluding hydrogens is 466 g/mol. The predicted octanol–water partition coefficient (Wildman–Crippen LogP) is 4.98. The summed E-state index contributed by atoms with van der Waals surface area (Å²) in [4.78, 5) is 27.0. The van der Waals surface area contributed by atoms with Gasteiger partial charge in [-0.2, -0.15) is 5.10 Å². The smallest absolute Gasteiger partial charge is 0.279 e. The second-order valence-corrected chi connectivity index (χ2v) is 11.5. The summed E-state index contributed by atoms with van der Waals surface area (Å²) in [5.74, 6) is 0.731. The van der Waals surface area contributed by atoms with Crippen LogP contribution in [0.5, 0.6) is 0 Å². The highest BCUT2D eigenvalue weighted by Gasteiger charge is 2.30. The number of benzene rings is 1. The Kier molecular flexibility index (Phi) is 7.04. The fourth-order valence-electron chi connectivity index (χ4n) is 4.37. The average Bonchev–Trinajstić information content (AvgIpc) is 3.38. The van der Waals surface area contributed by atoms with Gasteiger partial charge < -0.3 is 0 Å². The fourth-order valence-corrected chi connectivity index (χ4v) is 5.70. The molecule has 0 saturated carbocycles. The van der Waals surface area contributed by atoms with Gasteiger partial charge in [0, 0.05) is 23.4 Å². The van der Waals surface area contributed by atoms with E-state index in [2.05, 4.69) is 41.8 Å². The lowest BCUT2D eigenvalue weighted by Gasteiger charge is -2.33. The SMILES string of the molecule is Cc1cccc(-c2n[nH]c(=S)n2CCC(=O)NNC(=O)c2cc3c(s2)CCC(C(C)(C)C)C3)c1. The van der Waals surface area contributed by atoms with Crippen molar-refractivity contribution in [1.82, 2.24) is 25.6 Å². The number of thiophene rings is 1. The van der Waals surface area contributed by atoms with Crippen molar-refractivity contribution in [3.63, 3.8) is 0 Å². The third kappa shape index (κ3) is 5.47. The summed E-state index contributed by atoms with van der Waals surface area (Å²) in [6.45, 7) is 9.19. The third-order valence-electron chi connectivity index (χ3n) is 6.44. The van der Waals surface area contributed by atoms with E-state index in [0.29, 0.717) is 27.9 Å². The van der Waals surface area contributed by atoms with Gasteiger partial charge in [-0.05, 0) is 67.4 Å². The lowest BCUT2D eigenvalue weighted by atomic mass is 9.72. The molecule has 3 aromatic rings. The summed E-state index contributed by atoms with van der Waals surface area (Å²) >= 11 is 6.87. The summed E-state index contributed by atoms with van der Waals surface area (Å²) in [6.07, 6.45) is 3.32. The van der Waals surface area contributed by atoms with E-state index in [1.165, 1.54) is 21.8 Å². The molecule has 1 aliphatic rings. The van der Waals surface area contributed by atoms with Crippen molar-refractivity contribution in [3.05, 3.63) is 56.0 Å². The number of aromatic nitrogens is 3. The van der Waals surface area contributed by atoms with E-state index in [-0.39, 0.29) is 23.7 Å². The summed E-state index contributed by atoms with van der Waals surface area (Å²) in [5, 5.41) is 7.12. The van der Waals surface area contributed by atoms with Gasteiger partial charge in [0.25, 0.3) is 5.91 Å². The first-order valence-corrected chi connectivity index (χ1v) is 12.8. The maximum atomic E-state index is 12.7. The summed E-state index contributed by atoms with van der Waals surface area (Å²) < 4.78 is 2.25. The summed E-state index contributed by atoms with van der Waals surface area (Å²) in [6, 6.07) is 9.93. The van der Waals surface area contributed by atoms with Crippen LogP contribution in [0.4, 0.5) is 0 Å². The standard InChI is InChI=1S/C25H31N5O2S2/c1-15-6-5-7-16(12-15)22-27-29-24(33)30(22)11-10-21(31)26-28-23(32)20-14-17-13-18(25(2,3)4)8-9-19(17)34-20/h5-7,12,14,18H,8-11,13H2,1-4H3,(H,26,31)(H,28,32)(H,29,33). The van der Waals surface area contributed by atoms with Crippen LogP contribution in [0.3, 0.4) is 0 Å². The van der Waals surface area contributed by atoms with Gasteiger partial charge in [-0.15, -0.1) is 11.3 Å². The maximum absolute atomic E-state index is 12.7. The lowest BCUT2D eigenvalue weighted by molar-refractivity contribution is -0.122. The first-order chi connectivity index (χ1) is 16.1. The highest BCUT2D eigenvalue weighted by Crippen LogP contribution is 2.40. The second-order valence-electron chi connectivity index (χ2n) is 9.99. The molecule has 0 radical (unpaired) electrons. The van der Waals surface area contributed by atoms with Gasteiger partial charge in [-0.25, -0.2) is 0 Å². The molecule has 0 spiro atoms. The Hall–Kier alpha value is -2.78. The zero-order valence-electron chi connectivity index (χ0n) is 20.0. The molecule has 180 valence electrons. The molecule has 2 amide bonds. The number of nitrogens with zero attached hydrogens (tertiary/aromatic N) is 2. The van der Waals surface area contributed by atoms with Crippen LogP contribution in [0, 0.1) is 23.0 Å². The van der Waals surface area contributed by atoms with Gasteiger partial charge in [-0.1, -0.05) is 44.5 Å². The number of fused-ring (bicyclic) bond motifs is 1. The van der Waals surface area contributed by atoms with Crippen LogP contribution in [0.15, 0.2) is 30.3 Å². The number of nitrogens with one attached hydrogen (secondary N) is 3. The number of carbonyl (C=O) groups is 2. The third-order valence-corrected chi connectivity index (χ3v) is 7.99. The van der Waals surface area contributed by atoms with Crippen LogP contribution in [0.2, 0.25) is 0 Å². The number of aryl methyl sites for hydroxylation is 2. The molecule has 0 saturated heterocycles. The van der Waals surface area contributed by atoms with Crippen LogP contribution in [0.1, 0.15) is 59.3 Å². The molecule has 2 heterocycles. The molecule has 0 bridgehead atoms. The van der Waals surface area contributed by atoms with Crippen LogP contribution >= 0.6 is 23.6 Å². The minimum absolute atomic E-state index is 0.154. The Bertz CT molecular complexity index is 1260. The van der Waals surface area contributed by atoms with Gasteiger partial charge in [-0.3, -0.25) is 30.1 Å². The van der Waals surface area contributed by atoms with Gasteiger partial charge in [0.2, 0.25) is 5.91 Å². The average molecular weight is 498 g/mol. The van der Waals surface area contributed by atoms with Crippen molar-refractivity contribution in [2.75, 3.05) is 0 Å². The normalized spacial score (nSPS) is 15.6. The molecule has 1 unspecified atom stereocenters. The van der Waals surface area contributed by atoms with E-state index in [1.54, 1.807) is 4.57 Å². The quantitative estimate of drug-likeness (QED) is 0.342. The van der Waals surface area contributed by atoms with E-state index < -0.39 is 0 Å². The van der Waals surface area contributed by atoms with E-state index in [0.717, 1.165) is 30.4 Å². The topological polar surface area (TPSA) is 91.8 Å². The molecule has 2 aromatic heterocycles. The Labute approximate surface area is 209 Å². The number of hydrazine groups is 1. The highest BCUT2D eigenvalue weighted by atomic mass is 32.1. The van der Waals surface area contributed by atoms with Crippen molar-refractivity contribution in [1.29, 1.82) is 0 Å². The highest BCUT2D eigenvalue weighted by molar-refractivity contribution is 7.71. The molecule has 3 N–H and O–H groups in total. The minimum atomic E-state index is -0.291. The van der Waals surface area contributed by atoms with E-state index in [1.807, 2.05) is 37.3 Å². The van der Waals surface area contributed by atoms with Crippen molar-refractivity contribution < 1.29 is 9.59 Å². The van der Waals surface area contributed by atoms with Crippen LogP contribution in [-0.2, 0) is 24.2 Å². The van der Waals surface area contributed by atoms with Crippen LogP contribution in [-0.4, -0.2) is 26.6 Å². The summed E-state index contributed by atoms with van der Waals surface area (Å²) in [5.41, 5.74) is 8.66. The van der Waals surface area contributed by atoms with Gasteiger partial charge in [0.05, 0.1) is 4.88 Å². The Morgan fingerprint density at radius 3 is 2.79 bits per heavy atom. The predicted molar refractivity (Wildman–Crippen MR) is 137 cm³/mol. The van der Waals surface area contributed by atoms with E-state index >= 15 is 0 Å². The number of H-pyrrole nitrogens is 1. The molecular formula is C25H31N5O2S2. The molecule has 0 fully saturated rings. The lowest BCUT2D eigenvalue weighted by Crippen LogP contribution is -2.41. The first kappa shape index (κ1) is 24.3. The largest absolute Gasteiger partial charge is 0.300 e. The zero-order chi connectivity index (χ0) is 24.5. The molecule has 4 rings (SSSR count). The second kappa shape index (κ2) is 9.84. The van der Waals surface area contributed by atoms with Gasteiger partial charge in [0.1, 0.15) is 0 Å². The maximum Gasteiger partial charge on any atom is 0.279 e. The molecule has 0 aliphatic heterocycles.